The van der Waals surface area contributed by atoms with E-state index in [1.165, 1.54) is 0 Å². The van der Waals surface area contributed by atoms with Gasteiger partial charge in [-0.05, 0) is 30.5 Å². The Labute approximate surface area is 98.5 Å². The Morgan fingerprint density at radius 1 is 1.36 bits per heavy atom. The smallest absolute Gasteiger partial charge is 0.121 e. The van der Waals surface area contributed by atoms with Crippen molar-refractivity contribution in [3.05, 3.63) is 27.7 Å². The lowest BCUT2D eigenvalue weighted by atomic mass is 10.1. The fraction of sp³-hybridized carbons (Fsp3) is 0.455. The van der Waals surface area contributed by atoms with Gasteiger partial charge in [0, 0.05) is 9.50 Å². The zero-order valence-electron chi connectivity index (χ0n) is 8.39. The number of benzene rings is 1. The molecule has 3 heteroatoms. The first-order valence-corrected chi connectivity index (χ1v) is 5.84. The summed E-state index contributed by atoms with van der Waals surface area (Å²) < 4.78 is 6.51. The molecular weight excluding hydrogens is 263 g/mol. The van der Waals surface area contributed by atoms with E-state index < -0.39 is 0 Å². The van der Waals surface area contributed by atoms with E-state index in [0.717, 1.165) is 23.2 Å². The zero-order chi connectivity index (χ0) is 10.6. The topological polar surface area (TPSA) is 9.23 Å². The summed E-state index contributed by atoms with van der Waals surface area (Å²) in [4.78, 5) is 0. The Morgan fingerprint density at radius 3 is 2.64 bits per heavy atom. The van der Waals surface area contributed by atoms with Gasteiger partial charge in [-0.1, -0.05) is 41.4 Å². The van der Waals surface area contributed by atoms with Gasteiger partial charge in [0.15, 0.2) is 0 Å². The fourth-order valence-corrected chi connectivity index (χ4v) is 1.85. The first-order chi connectivity index (χ1) is 6.58. The van der Waals surface area contributed by atoms with Crippen molar-refractivity contribution >= 4 is 27.5 Å². The summed E-state index contributed by atoms with van der Waals surface area (Å²) in [7, 11) is 0. The van der Waals surface area contributed by atoms with E-state index >= 15 is 0 Å². The van der Waals surface area contributed by atoms with E-state index in [9.17, 15) is 0 Å². The monoisotopic (exact) mass is 276 g/mol. The average Bonchev–Trinajstić information content (AvgIpc) is 2.01. The van der Waals surface area contributed by atoms with E-state index in [-0.39, 0.29) is 0 Å². The number of halogens is 2. The molecule has 0 aliphatic rings. The largest absolute Gasteiger partial charge is 0.493 e. The van der Waals surface area contributed by atoms with E-state index in [1.54, 1.807) is 0 Å². The second-order valence-electron chi connectivity index (χ2n) is 3.64. The summed E-state index contributed by atoms with van der Waals surface area (Å²) in [5, 5.41) is 0.693. The van der Waals surface area contributed by atoms with Crippen LogP contribution in [0.3, 0.4) is 0 Å². The van der Waals surface area contributed by atoms with Gasteiger partial charge in [0.1, 0.15) is 5.75 Å². The normalized spacial score (nSPS) is 10.6. The van der Waals surface area contributed by atoms with Crippen molar-refractivity contribution in [3.63, 3.8) is 0 Å². The molecule has 1 nitrogen and oxygen atoms in total. The molecule has 1 aromatic carbocycles. The maximum atomic E-state index is 5.88. The molecule has 0 atom stereocenters. The Hall–Kier alpha value is -0.210. The first kappa shape index (κ1) is 11.9. The lowest BCUT2D eigenvalue weighted by Crippen LogP contribution is -2.01. The van der Waals surface area contributed by atoms with Gasteiger partial charge in [-0.15, -0.1) is 0 Å². The predicted octanol–water partition coefficient (Wildman–Crippen LogP) is 4.53. The SMILES string of the molecule is CC(C)CCOc1cc(Cl)cc(Br)c1. The van der Waals surface area contributed by atoms with Crippen molar-refractivity contribution in [2.75, 3.05) is 6.61 Å². The molecule has 0 aliphatic carbocycles. The third-order valence-corrected chi connectivity index (χ3v) is 2.48. The minimum atomic E-state index is 0.664. The Kier molecular flexibility index (Phi) is 4.76. The van der Waals surface area contributed by atoms with Crippen LogP contribution in [-0.2, 0) is 0 Å². The van der Waals surface area contributed by atoms with E-state index in [4.69, 9.17) is 16.3 Å². The lowest BCUT2D eigenvalue weighted by molar-refractivity contribution is 0.289. The van der Waals surface area contributed by atoms with Gasteiger partial charge >= 0.3 is 0 Å². The first-order valence-electron chi connectivity index (χ1n) is 4.67. The summed E-state index contributed by atoms with van der Waals surface area (Å²) >= 11 is 9.25. The summed E-state index contributed by atoms with van der Waals surface area (Å²) in [6.45, 7) is 5.10. The summed E-state index contributed by atoms with van der Waals surface area (Å²) in [6.07, 6.45) is 1.06. The lowest BCUT2D eigenvalue weighted by Gasteiger charge is -2.08. The highest BCUT2D eigenvalue weighted by Gasteiger charge is 1.99. The predicted molar refractivity (Wildman–Crippen MR) is 64.1 cm³/mol. The molecule has 14 heavy (non-hydrogen) atoms. The highest BCUT2D eigenvalue weighted by Crippen LogP contribution is 2.24. The fourth-order valence-electron chi connectivity index (χ4n) is 1.02. The van der Waals surface area contributed by atoms with Crippen molar-refractivity contribution in [3.8, 4) is 5.75 Å². The van der Waals surface area contributed by atoms with E-state index in [1.807, 2.05) is 18.2 Å². The molecule has 0 aliphatic heterocycles. The van der Waals surface area contributed by atoms with Crippen LogP contribution in [-0.4, -0.2) is 6.61 Å². The molecule has 0 saturated heterocycles. The Balaban J connectivity index is 2.50. The van der Waals surface area contributed by atoms with Crippen molar-refractivity contribution in [1.29, 1.82) is 0 Å². The molecular formula is C11H14BrClO. The molecule has 0 heterocycles. The molecule has 0 bridgehead atoms. The van der Waals surface area contributed by atoms with Gasteiger partial charge in [0.25, 0.3) is 0 Å². The van der Waals surface area contributed by atoms with E-state index in [2.05, 4.69) is 29.8 Å². The number of rotatable bonds is 4. The summed E-state index contributed by atoms with van der Waals surface area (Å²) in [5.74, 6) is 1.49. The highest BCUT2D eigenvalue weighted by molar-refractivity contribution is 9.10. The summed E-state index contributed by atoms with van der Waals surface area (Å²) in [6, 6.07) is 5.59. The minimum absolute atomic E-state index is 0.664. The number of hydrogen-bond acceptors (Lipinski definition) is 1. The highest BCUT2D eigenvalue weighted by atomic mass is 79.9. The van der Waals surface area contributed by atoms with Crippen molar-refractivity contribution in [2.24, 2.45) is 5.92 Å². The molecule has 0 unspecified atom stereocenters. The quantitative estimate of drug-likeness (QED) is 0.786. The maximum absolute atomic E-state index is 5.88. The van der Waals surface area contributed by atoms with Crippen LogP contribution in [0.1, 0.15) is 20.3 Å². The van der Waals surface area contributed by atoms with Gasteiger partial charge in [-0.2, -0.15) is 0 Å². The molecule has 0 N–H and O–H groups in total. The second-order valence-corrected chi connectivity index (χ2v) is 4.99. The average molecular weight is 278 g/mol. The van der Waals surface area contributed by atoms with Crippen LogP contribution in [0.5, 0.6) is 5.75 Å². The van der Waals surface area contributed by atoms with Crippen LogP contribution < -0.4 is 4.74 Å². The van der Waals surface area contributed by atoms with E-state index in [0.29, 0.717) is 10.9 Å². The molecule has 1 aromatic rings. The van der Waals surface area contributed by atoms with Crippen LogP contribution in [0.25, 0.3) is 0 Å². The molecule has 0 radical (unpaired) electrons. The molecule has 0 aromatic heterocycles. The summed E-state index contributed by atoms with van der Waals surface area (Å²) in [5.41, 5.74) is 0. The van der Waals surface area contributed by atoms with Crippen molar-refractivity contribution < 1.29 is 4.74 Å². The Bertz CT molecular complexity index is 279. The number of ether oxygens (including phenoxy) is 1. The van der Waals surface area contributed by atoms with Crippen LogP contribution in [0, 0.1) is 5.92 Å². The van der Waals surface area contributed by atoms with Gasteiger partial charge < -0.3 is 4.74 Å². The molecule has 1 rings (SSSR count). The van der Waals surface area contributed by atoms with Crippen LogP contribution in [0.15, 0.2) is 22.7 Å². The minimum Gasteiger partial charge on any atom is -0.493 e. The third-order valence-electron chi connectivity index (χ3n) is 1.80. The van der Waals surface area contributed by atoms with Crippen LogP contribution in [0.4, 0.5) is 0 Å². The molecule has 0 saturated carbocycles. The number of hydrogen-bond donors (Lipinski definition) is 0. The van der Waals surface area contributed by atoms with Crippen molar-refractivity contribution in [1.82, 2.24) is 0 Å². The third kappa shape index (κ3) is 4.34. The molecule has 0 fully saturated rings. The van der Waals surface area contributed by atoms with Gasteiger partial charge in [-0.3, -0.25) is 0 Å². The molecule has 0 spiro atoms. The zero-order valence-corrected chi connectivity index (χ0v) is 10.7. The Morgan fingerprint density at radius 2 is 2.07 bits per heavy atom. The maximum Gasteiger partial charge on any atom is 0.121 e. The van der Waals surface area contributed by atoms with Crippen molar-refractivity contribution in [2.45, 2.75) is 20.3 Å². The second kappa shape index (κ2) is 5.62. The van der Waals surface area contributed by atoms with Crippen LogP contribution >= 0.6 is 27.5 Å². The molecule has 0 amide bonds. The van der Waals surface area contributed by atoms with Gasteiger partial charge in [0.2, 0.25) is 0 Å². The van der Waals surface area contributed by atoms with Gasteiger partial charge in [0.05, 0.1) is 6.61 Å². The standard InChI is InChI=1S/C11H14BrClO/c1-8(2)3-4-14-11-6-9(12)5-10(13)7-11/h5-8H,3-4H2,1-2H3. The van der Waals surface area contributed by atoms with Gasteiger partial charge in [-0.25, -0.2) is 0 Å². The van der Waals surface area contributed by atoms with Crippen LogP contribution in [0.2, 0.25) is 5.02 Å². The molecule has 78 valence electrons.